The second-order valence-electron chi connectivity index (χ2n) is 6.06. The van der Waals surface area contributed by atoms with E-state index in [1.54, 1.807) is 31.8 Å². The second-order valence-corrected chi connectivity index (χ2v) is 7.02. The molecule has 0 N–H and O–H groups in total. The highest BCUT2D eigenvalue weighted by molar-refractivity contribution is 7.18. The average molecular weight is 368 g/mol. The predicted molar refractivity (Wildman–Crippen MR) is 102 cm³/mol. The highest BCUT2D eigenvalue weighted by Crippen LogP contribution is 2.42. The van der Waals surface area contributed by atoms with Gasteiger partial charge < -0.3 is 14.4 Å². The van der Waals surface area contributed by atoms with Crippen molar-refractivity contribution in [3.63, 3.8) is 0 Å². The third kappa shape index (κ3) is 3.10. The Morgan fingerprint density at radius 3 is 2.81 bits per heavy atom. The van der Waals surface area contributed by atoms with Crippen LogP contribution in [0.15, 0.2) is 42.6 Å². The van der Waals surface area contributed by atoms with Gasteiger partial charge in [0.05, 0.1) is 20.3 Å². The molecule has 3 aromatic rings. The molecular weight excluding hydrogens is 348 g/mol. The fraction of sp³-hybridized carbons (Fsp3) is 0.316. The van der Waals surface area contributed by atoms with Crippen LogP contribution < -0.4 is 14.4 Å². The largest absolute Gasteiger partial charge is 0.497 e. The van der Waals surface area contributed by atoms with Crippen LogP contribution in [0.1, 0.15) is 24.4 Å². The topological polar surface area (TPSA) is 60.4 Å². The van der Waals surface area contributed by atoms with Gasteiger partial charge in [0.1, 0.15) is 17.2 Å². The summed E-state index contributed by atoms with van der Waals surface area (Å²) in [5.74, 6) is 1.64. The Bertz CT molecular complexity index is 884. The zero-order valence-corrected chi connectivity index (χ0v) is 15.6. The van der Waals surface area contributed by atoms with Gasteiger partial charge in [-0.15, -0.1) is 10.2 Å². The first-order valence-corrected chi connectivity index (χ1v) is 9.35. The summed E-state index contributed by atoms with van der Waals surface area (Å²) in [6.45, 7) is 0.955. The van der Waals surface area contributed by atoms with Crippen LogP contribution in [-0.2, 0) is 0 Å². The maximum Gasteiger partial charge on any atom is 0.209 e. The van der Waals surface area contributed by atoms with E-state index in [-0.39, 0.29) is 6.04 Å². The Hall–Kier alpha value is -2.67. The SMILES string of the molecule is COc1ccc([C@@H]2CCCN2c2nnc(-c3ccccn3)s2)c(OC)c1. The molecule has 1 aliphatic rings. The van der Waals surface area contributed by atoms with Gasteiger partial charge in [-0.25, -0.2) is 0 Å². The van der Waals surface area contributed by atoms with Gasteiger partial charge in [-0.2, -0.15) is 0 Å². The Kier molecular flexibility index (Phi) is 4.71. The van der Waals surface area contributed by atoms with E-state index in [0.29, 0.717) is 0 Å². The number of anilines is 1. The van der Waals surface area contributed by atoms with Gasteiger partial charge in [-0.1, -0.05) is 17.4 Å². The van der Waals surface area contributed by atoms with Crippen molar-refractivity contribution in [2.45, 2.75) is 18.9 Å². The lowest BCUT2D eigenvalue weighted by Crippen LogP contribution is -2.22. The smallest absolute Gasteiger partial charge is 0.209 e. The fourth-order valence-corrected chi connectivity index (χ4v) is 4.23. The lowest BCUT2D eigenvalue weighted by molar-refractivity contribution is 0.388. The van der Waals surface area contributed by atoms with E-state index in [1.807, 2.05) is 30.3 Å². The molecule has 1 saturated heterocycles. The van der Waals surface area contributed by atoms with Crippen molar-refractivity contribution in [1.82, 2.24) is 15.2 Å². The van der Waals surface area contributed by atoms with Crippen molar-refractivity contribution in [2.24, 2.45) is 0 Å². The van der Waals surface area contributed by atoms with Gasteiger partial charge in [-0.05, 0) is 37.1 Å². The summed E-state index contributed by atoms with van der Waals surface area (Å²) in [5, 5.41) is 10.5. The minimum absolute atomic E-state index is 0.223. The van der Waals surface area contributed by atoms with Crippen LogP contribution in [0, 0.1) is 0 Å². The molecular formula is C19H20N4O2S. The molecule has 0 unspecified atom stereocenters. The highest BCUT2D eigenvalue weighted by atomic mass is 32.1. The summed E-state index contributed by atoms with van der Waals surface area (Å²) in [4.78, 5) is 6.68. The number of rotatable bonds is 5. The molecule has 0 saturated carbocycles. The van der Waals surface area contributed by atoms with Crippen LogP contribution in [0.25, 0.3) is 10.7 Å². The van der Waals surface area contributed by atoms with Gasteiger partial charge in [0, 0.05) is 24.4 Å². The van der Waals surface area contributed by atoms with Crippen LogP contribution >= 0.6 is 11.3 Å². The van der Waals surface area contributed by atoms with Gasteiger partial charge in [0.15, 0.2) is 5.01 Å². The summed E-state index contributed by atoms with van der Waals surface area (Å²) < 4.78 is 10.9. The van der Waals surface area contributed by atoms with E-state index < -0.39 is 0 Å². The Morgan fingerprint density at radius 2 is 2.04 bits per heavy atom. The van der Waals surface area contributed by atoms with E-state index in [4.69, 9.17) is 9.47 Å². The van der Waals surface area contributed by atoms with E-state index in [0.717, 1.165) is 52.3 Å². The van der Waals surface area contributed by atoms with E-state index in [2.05, 4.69) is 26.1 Å². The van der Waals surface area contributed by atoms with Crippen molar-refractivity contribution < 1.29 is 9.47 Å². The van der Waals surface area contributed by atoms with Gasteiger partial charge in [0.25, 0.3) is 0 Å². The number of methoxy groups -OCH3 is 2. The number of ether oxygens (including phenoxy) is 2. The van der Waals surface area contributed by atoms with Crippen molar-refractivity contribution in [2.75, 3.05) is 25.7 Å². The molecule has 6 nitrogen and oxygen atoms in total. The molecule has 1 atom stereocenters. The molecule has 3 heterocycles. The van der Waals surface area contributed by atoms with Gasteiger partial charge in [-0.3, -0.25) is 4.98 Å². The third-order valence-corrected chi connectivity index (χ3v) is 5.58. The first-order chi connectivity index (χ1) is 12.8. The number of hydrogen-bond donors (Lipinski definition) is 0. The molecule has 134 valence electrons. The van der Waals surface area contributed by atoms with Crippen molar-refractivity contribution in [1.29, 1.82) is 0 Å². The van der Waals surface area contributed by atoms with Gasteiger partial charge in [0.2, 0.25) is 5.13 Å². The van der Waals surface area contributed by atoms with Crippen LogP contribution in [0.2, 0.25) is 0 Å². The Morgan fingerprint density at radius 1 is 1.12 bits per heavy atom. The third-order valence-electron chi connectivity index (χ3n) is 4.60. The molecule has 2 aromatic heterocycles. The normalized spacial score (nSPS) is 16.7. The summed E-state index contributed by atoms with van der Waals surface area (Å²) in [6.07, 6.45) is 3.94. The fourth-order valence-electron chi connectivity index (χ4n) is 3.34. The highest BCUT2D eigenvalue weighted by Gasteiger charge is 2.31. The van der Waals surface area contributed by atoms with Crippen molar-refractivity contribution in [3.8, 4) is 22.2 Å². The number of nitrogens with zero attached hydrogens (tertiary/aromatic N) is 4. The molecule has 0 bridgehead atoms. The molecule has 4 rings (SSSR count). The second kappa shape index (κ2) is 7.29. The standard InChI is InChI=1S/C19H20N4O2S/c1-24-13-8-9-14(17(12-13)25-2)16-7-5-11-23(16)19-22-21-18(26-19)15-6-3-4-10-20-15/h3-4,6,8-10,12,16H,5,7,11H2,1-2H3/t16-/m0/s1. The quantitative estimate of drug-likeness (QED) is 0.679. The molecule has 26 heavy (non-hydrogen) atoms. The minimum atomic E-state index is 0.223. The molecule has 1 fully saturated rings. The van der Waals surface area contributed by atoms with Crippen molar-refractivity contribution >= 4 is 16.5 Å². The van der Waals surface area contributed by atoms with Gasteiger partial charge >= 0.3 is 0 Å². The molecule has 7 heteroatoms. The summed E-state index contributed by atoms with van der Waals surface area (Å²) in [7, 11) is 3.36. The summed E-state index contributed by atoms with van der Waals surface area (Å²) in [6, 6.07) is 12.0. The molecule has 1 aliphatic heterocycles. The van der Waals surface area contributed by atoms with Crippen LogP contribution in [-0.4, -0.2) is 35.9 Å². The maximum atomic E-state index is 5.61. The molecule has 0 aliphatic carbocycles. The number of aromatic nitrogens is 3. The average Bonchev–Trinajstić information content (AvgIpc) is 3.37. The molecule has 0 radical (unpaired) electrons. The Labute approximate surface area is 156 Å². The lowest BCUT2D eigenvalue weighted by Gasteiger charge is -2.25. The monoisotopic (exact) mass is 368 g/mol. The lowest BCUT2D eigenvalue weighted by atomic mass is 10.0. The molecule has 0 spiro atoms. The molecule has 0 amide bonds. The summed E-state index contributed by atoms with van der Waals surface area (Å²) >= 11 is 1.58. The molecule has 1 aromatic carbocycles. The number of pyridine rings is 1. The van der Waals surface area contributed by atoms with Crippen LogP contribution in [0.4, 0.5) is 5.13 Å². The minimum Gasteiger partial charge on any atom is -0.497 e. The van der Waals surface area contributed by atoms with E-state index >= 15 is 0 Å². The maximum absolute atomic E-state index is 5.61. The summed E-state index contributed by atoms with van der Waals surface area (Å²) in [5.41, 5.74) is 2.01. The number of benzene rings is 1. The van der Waals surface area contributed by atoms with Crippen LogP contribution in [0.5, 0.6) is 11.5 Å². The first-order valence-electron chi connectivity index (χ1n) is 8.53. The predicted octanol–water partition coefficient (Wildman–Crippen LogP) is 3.96. The first kappa shape index (κ1) is 16.8. The van der Waals surface area contributed by atoms with E-state index in [1.165, 1.54) is 0 Å². The Balaban J connectivity index is 1.65. The zero-order chi connectivity index (χ0) is 17.9. The van der Waals surface area contributed by atoms with Crippen LogP contribution in [0.3, 0.4) is 0 Å². The number of hydrogen-bond acceptors (Lipinski definition) is 7. The van der Waals surface area contributed by atoms with E-state index in [9.17, 15) is 0 Å². The zero-order valence-electron chi connectivity index (χ0n) is 14.8. The van der Waals surface area contributed by atoms with Crippen molar-refractivity contribution in [3.05, 3.63) is 48.2 Å².